The van der Waals surface area contributed by atoms with Crippen molar-refractivity contribution < 1.29 is 0 Å². The fourth-order valence-corrected chi connectivity index (χ4v) is 2.90. The predicted molar refractivity (Wildman–Crippen MR) is 77.9 cm³/mol. The lowest BCUT2D eigenvalue weighted by atomic mass is 10.00. The van der Waals surface area contributed by atoms with E-state index in [1.165, 1.54) is 43.5 Å². The molecule has 0 aliphatic carbocycles. The minimum atomic E-state index is 0.481. The molecule has 0 saturated carbocycles. The van der Waals surface area contributed by atoms with Gasteiger partial charge in [0.2, 0.25) is 0 Å². The quantitative estimate of drug-likeness (QED) is 0.858. The number of nitrogens with zero attached hydrogens (tertiary/aromatic N) is 1. The second kappa shape index (κ2) is 6.91. The zero-order valence-corrected chi connectivity index (χ0v) is 11.8. The Labute approximate surface area is 111 Å². The van der Waals surface area contributed by atoms with E-state index in [0.717, 1.165) is 13.1 Å². The van der Waals surface area contributed by atoms with E-state index < -0.39 is 0 Å². The minimum absolute atomic E-state index is 0.481. The Morgan fingerprint density at radius 1 is 1.17 bits per heavy atom. The molecule has 1 aliphatic heterocycles. The lowest BCUT2D eigenvalue weighted by Crippen LogP contribution is -2.38. The van der Waals surface area contributed by atoms with E-state index in [-0.39, 0.29) is 0 Å². The summed E-state index contributed by atoms with van der Waals surface area (Å²) in [6, 6.07) is 9.25. The van der Waals surface area contributed by atoms with Gasteiger partial charge in [0.1, 0.15) is 0 Å². The molecule has 1 aromatic rings. The van der Waals surface area contributed by atoms with Gasteiger partial charge in [-0.15, -0.1) is 0 Å². The van der Waals surface area contributed by atoms with Crippen molar-refractivity contribution in [2.45, 2.75) is 39.2 Å². The van der Waals surface area contributed by atoms with Crippen LogP contribution >= 0.6 is 0 Å². The molecule has 0 aromatic heterocycles. The summed E-state index contributed by atoms with van der Waals surface area (Å²) >= 11 is 0. The summed E-state index contributed by atoms with van der Waals surface area (Å²) in [5.74, 6) is 0. The number of benzene rings is 1. The van der Waals surface area contributed by atoms with Crippen molar-refractivity contribution in [3.63, 3.8) is 0 Å². The minimum Gasteiger partial charge on any atom is -0.309 e. The van der Waals surface area contributed by atoms with E-state index in [4.69, 9.17) is 0 Å². The number of likely N-dealkylation sites (tertiary alicyclic amines) is 1. The lowest BCUT2D eigenvalue weighted by molar-refractivity contribution is 0.206. The molecule has 1 fully saturated rings. The lowest BCUT2D eigenvalue weighted by Gasteiger charge is -2.31. The molecule has 1 N–H and O–H groups in total. The molecule has 1 aliphatic rings. The van der Waals surface area contributed by atoms with E-state index in [9.17, 15) is 0 Å². The molecular formula is C16H26N2. The second-order valence-electron chi connectivity index (χ2n) is 5.33. The maximum absolute atomic E-state index is 3.65. The van der Waals surface area contributed by atoms with E-state index in [1.54, 1.807) is 0 Å². The second-order valence-corrected chi connectivity index (χ2v) is 5.33. The Morgan fingerprint density at radius 2 is 1.89 bits per heavy atom. The van der Waals surface area contributed by atoms with Gasteiger partial charge in [-0.2, -0.15) is 0 Å². The molecule has 0 radical (unpaired) electrons. The molecule has 18 heavy (non-hydrogen) atoms. The van der Waals surface area contributed by atoms with E-state index in [1.807, 2.05) is 0 Å². The van der Waals surface area contributed by atoms with Gasteiger partial charge in [0.15, 0.2) is 0 Å². The van der Waals surface area contributed by atoms with Crippen LogP contribution in [-0.2, 0) is 0 Å². The summed E-state index contributed by atoms with van der Waals surface area (Å²) in [6.45, 7) is 9.14. The molecule has 0 spiro atoms. The molecule has 2 nitrogen and oxygen atoms in total. The van der Waals surface area contributed by atoms with Gasteiger partial charge in [-0.1, -0.05) is 37.6 Å². The van der Waals surface area contributed by atoms with Crippen molar-refractivity contribution in [1.29, 1.82) is 0 Å². The van der Waals surface area contributed by atoms with Gasteiger partial charge < -0.3 is 10.2 Å². The highest BCUT2D eigenvalue weighted by atomic mass is 15.1. The Bertz CT molecular complexity index is 356. The standard InChI is InChI=1S/C16H26N2/c1-3-17-16(13-18-11-7-4-8-12-18)15-10-6-5-9-14(15)2/h5-6,9-10,16-17H,3-4,7-8,11-13H2,1-2H3. The first-order valence-electron chi connectivity index (χ1n) is 7.32. The molecule has 1 saturated heterocycles. The van der Waals surface area contributed by atoms with Gasteiger partial charge in [0.25, 0.3) is 0 Å². The highest BCUT2D eigenvalue weighted by Crippen LogP contribution is 2.20. The van der Waals surface area contributed by atoms with Gasteiger partial charge in [-0.3, -0.25) is 0 Å². The average molecular weight is 246 g/mol. The zero-order chi connectivity index (χ0) is 12.8. The average Bonchev–Trinajstić information content (AvgIpc) is 2.40. The van der Waals surface area contributed by atoms with Crippen LogP contribution in [0.15, 0.2) is 24.3 Å². The first-order valence-corrected chi connectivity index (χ1v) is 7.32. The third-order valence-electron chi connectivity index (χ3n) is 3.90. The molecule has 1 atom stereocenters. The fraction of sp³-hybridized carbons (Fsp3) is 0.625. The monoisotopic (exact) mass is 246 g/mol. The van der Waals surface area contributed by atoms with Gasteiger partial charge in [-0.05, 0) is 50.5 Å². The van der Waals surface area contributed by atoms with E-state index >= 15 is 0 Å². The van der Waals surface area contributed by atoms with Gasteiger partial charge in [-0.25, -0.2) is 0 Å². The van der Waals surface area contributed by atoms with Gasteiger partial charge in [0.05, 0.1) is 0 Å². The third-order valence-corrected chi connectivity index (χ3v) is 3.90. The van der Waals surface area contributed by atoms with Crippen LogP contribution in [0.5, 0.6) is 0 Å². The number of hydrogen-bond donors (Lipinski definition) is 1. The number of likely N-dealkylation sites (N-methyl/N-ethyl adjacent to an activating group) is 1. The molecule has 1 aromatic carbocycles. The molecular weight excluding hydrogens is 220 g/mol. The third kappa shape index (κ3) is 3.56. The summed E-state index contributed by atoms with van der Waals surface area (Å²) in [5, 5.41) is 3.65. The molecule has 0 amide bonds. The predicted octanol–water partition coefficient (Wildman–Crippen LogP) is 3.13. The van der Waals surface area contributed by atoms with Crippen LogP contribution in [0.3, 0.4) is 0 Å². The Kier molecular flexibility index (Phi) is 5.21. The molecule has 2 rings (SSSR count). The number of rotatable bonds is 5. The normalized spacial score (nSPS) is 18.8. The van der Waals surface area contributed by atoms with Crippen molar-refractivity contribution in [3.05, 3.63) is 35.4 Å². The van der Waals surface area contributed by atoms with Gasteiger partial charge >= 0.3 is 0 Å². The highest BCUT2D eigenvalue weighted by Gasteiger charge is 2.18. The number of nitrogens with one attached hydrogen (secondary N) is 1. The van der Waals surface area contributed by atoms with Crippen LogP contribution in [0.4, 0.5) is 0 Å². The van der Waals surface area contributed by atoms with Crippen molar-refractivity contribution in [2.24, 2.45) is 0 Å². The van der Waals surface area contributed by atoms with Crippen molar-refractivity contribution in [1.82, 2.24) is 10.2 Å². The Balaban J connectivity index is 2.05. The summed E-state index contributed by atoms with van der Waals surface area (Å²) in [5.41, 5.74) is 2.87. The maximum Gasteiger partial charge on any atom is 0.0451 e. The largest absolute Gasteiger partial charge is 0.309 e. The number of aryl methyl sites for hydroxylation is 1. The number of piperidine rings is 1. The van der Waals surface area contributed by atoms with Crippen molar-refractivity contribution in [2.75, 3.05) is 26.2 Å². The van der Waals surface area contributed by atoms with Crippen LogP contribution in [0, 0.1) is 6.92 Å². The Hall–Kier alpha value is -0.860. The Morgan fingerprint density at radius 3 is 2.56 bits per heavy atom. The van der Waals surface area contributed by atoms with Crippen LogP contribution in [0.2, 0.25) is 0 Å². The first-order chi connectivity index (χ1) is 8.81. The van der Waals surface area contributed by atoms with Crippen LogP contribution in [0.1, 0.15) is 43.4 Å². The smallest absolute Gasteiger partial charge is 0.0451 e. The topological polar surface area (TPSA) is 15.3 Å². The van der Waals surface area contributed by atoms with Gasteiger partial charge in [0, 0.05) is 12.6 Å². The van der Waals surface area contributed by atoms with Crippen LogP contribution < -0.4 is 5.32 Å². The summed E-state index contributed by atoms with van der Waals surface area (Å²) in [7, 11) is 0. The highest BCUT2D eigenvalue weighted by molar-refractivity contribution is 5.29. The summed E-state index contributed by atoms with van der Waals surface area (Å²) < 4.78 is 0. The first kappa shape index (κ1) is 13.6. The molecule has 2 heteroatoms. The van der Waals surface area contributed by atoms with E-state index in [0.29, 0.717) is 6.04 Å². The molecule has 1 unspecified atom stereocenters. The summed E-state index contributed by atoms with van der Waals surface area (Å²) in [6.07, 6.45) is 4.14. The van der Waals surface area contributed by atoms with Crippen molar-refractivity contribution in [3.8, 4) is 0 Å². The van der Waals surface area contributed by atoms with Crippen LogP contribution in [0.25, 0.3) is 0 Å². The molecule has 100 valence electrons. The number of hydrogen-bond acceptors (Lipinski definition) is 2. The molecule has 1 heterocycles. The molecule has 0 bridgehead atoms. The zero-order valence-electron chi connectivity index (χ0n) is 11.8. The fourth-order valence-electron chi connectivity index (χ4n) is 2.90. The maximum atomic E-state index is 3.65. The van der Waals surface area contributed by atoms with Crippen LogP contribution in [-0.4, -0.2) is 31.1 Å². The SMILES string of the molecule is CCNC(CN1CCCCC1)c1ccccc1C. The summed E-state index contributed by atoms with van der Waals surface area (Å²) in [4.78, 5) is 2.61. The van der Waals surface area contributed by atoms with Crippen molar-refractivity contribution >= 4 is 0 Å². The van der Waals surface area contributed by atoms with E-state index in [2.05, 4.69) is 48.3 Å².